The molecule has 0 unspecified atom stereocenters. The lowest BCUT2D eigenvalue weighted by atomic mass is 10.0. The van der Waals surface area contributed by atoms with Crippen LogP contribution in [0.2, 0.25) is 0 Å². The summed E-state index contributed by atoms with van der Waals surface area (Å²) >= 11 is 0. The highest BCUT2D eigenvalue weighted by Crippen LogP contribution is 2.27. The third-order valence-corrected chi connectivity index (χ3v) is 5.63. The second kappa shape index (κ2) is 9.50. The van der Waals surface area contributed by atoms with Crippen LogP contribution >= 0.6 is 0 Å². The van der Waals surface area contributed by atoms with Crippen LogP contribution in [0.25, 0.3) is 10.9 Å². The molecular weight excluding hydrogens is 424 g/mol. The van der Waals surface area contributed by atoms with Crippen LogP contribution in [-0.2, 0) is 11.2 Å². The van der Waals surface area contributed by atoms with Gasteiger partial charge in [-0.2, -0.15) is 5.26 Å². The molecule has 2 aromatic carbocycles. The zero-order valence-corrected chi connectivity index (χ0v) is 17.7. The molecule has 10 nitrogen and oxygen atoms in total. The molecule has 4 N–H and O–H groups in total. The second-order valence-electron chi connectivity index (χ2n) is 7.77. The molecule has 1 saturated heterocycles. The van der Waals surface area contributed by atoms with Gasteiger partial charge in [0, 0.05) is 23.6 Å². The van der Waals surface area contributed by atoms with Gasteiger partial charge in [-0.1, -0.05) is 12.1 Å². The molecule has 1 aliphatic heterocycles. The van der Waals surface area contributed by atoms with Gasteiger partial charge in [0.05, 0.1) is 17.8 Å². The Bertz CT molecular complexity index is 1250. The summed E-state index contributed by atoms with van der Waals surface area (Å²) in [6.07, 6.45) is 2.71. The van der Waals surface area contributed by atoms with E-state index in [1.165, 1.54) is 6.07 Å². The number of aromatic amines is 1. The molecule has 0 spiro atoms. The Morgan fingerprint density at radius 2 is 2.15 bits per heavy atom. The summed E-state index contributed by atoms with van der Waals surface area (Å²) in [5.74, 6) is 0.0315. The van der Waals surface area contributed by atoms with Crippen molar-refractivity contribution in [1.29, 1.82) is 5.26 Å². The highest BCUT2D eigenvalue weighted by Gasteiger charge is 2.31. The van der Waals surface area contributed by atoms with Crippen molar-refractivity contribution in [2.75, 3.05) is 11.9 Å². The van der Waals surface area contributed by atoms with Crippen LogP contribution in [0.4, 0.5) is 16.2 Å². The first-order valence-corrected chi connectivity index (χ1v) is 10.5. The van der Waals surface area contributed by atoms with Crippen molar-refractivity contribution in [3.8, 4) is 11.8 Å². The summed E-state index contributed by atoms with van der Waals surface area (Å²) in [6.45, 7) is 0.536. The van der Waals surface area contributed by atoms with Crippen LogP contribution in [0.3, 0.4) is 0 Å². The number of nitrogens with two attached hydrogens (primary N) is 1. The van der Waals surface area contributed by atoms with Crippen molar-refractivity contribution < 1.29 is 14.3 Å². The van der Waals surface area contributed by atoms with E-state index in [1.54, 1.807) is 47.5 Å². The largest absolute Gasteiger partial charge is 0.417 e. The molecule has 1 aliphatic rings. The number of amides is 2. The fraction of sp³-hybridized carbons (Fsp3) is 0.261. The Kier molecular flexibility index (Phi) is 6.33. The van der Waals surface area contributed by atoms with Crippen molar-refractivity contribution in [2.45, 2.75) is 31.3 Å². The van der Waals surface area contributed by atoms with Crippen molar-refractivity contribution >= 4 is 34.3 Å². The topological polar surface area (TPSA) is 154 Å². The van der Waals surface area contributed by atoms with Crippen LogP contribution in [0, 0.1) is 16.2 Å². The van der Waals surface area contributed by atoms with Gasteiger partial charge in [0.1, 0.15) is 17.5 Å². The first-order valence-electron chi connectivity index (χ1n) is 10.5. The first kappa shape index (κ1) is 22.0. The first-order chi connectivity index (χ1) is 16.0. The maximum Gasteiger partial charge on any atom is 0.417 e. The molecule has 2 amide bonds. The molecule has 3 aromatic rings. The number of ether oxygens (including phenoxy) is 1. The highest BCUT2D eigenvalue weighted by atomic mass is 16.6. The third kappa shape index (κ3) is 4.68. The van der Waals surface area contributed by atoms with E-state index in [-0.39, 0.29) is 29.5 Å². The molecule has 33 heavy (non-hydrogen) atoms. The molecule has 0 saturated carbocycles. The van der Waals surface area contributed by atoms with E-state index in [2.05, 4.69) is 21.5 Å². The van der Waals surface area contributed by atoms with E-state index in [0.717, 1.165) is 22.9 Å². The summed E-state index contributed by atoms with van der Waals surface area (Å²) in [5, 5.41) is 15.4. The Labute approximate surface area is 189 Å². The molecule has 4 rings (SSSR count). The van der Waals surface area contributed by atoms with E-state index in [4.69, 9.17) is 10.5 Å². The van der Waals surface area contributed by atoms with E-state index in [9.17, 15) is 19.8 Å². The predicted octanol–water partition coefficient (Wildman–Crippen LogP) is 3.56. The van der Waals surface area contributed by atoms with Gasteiger partial charge < -0.3 is 20.4 Å². The number of aromatic nitrogens is 1. The van der Waals surface area contributed by atoms with Gasteiger partial charge in [0.2, 0.25) is 5.91 Å². The Balaban J connectivity index is 1.47. The van der Waals surface area contributed by atoms with Crippen molar-refractivity contribution in [3.05, 3.63) is 59.1 Å². The number of hydrogen-bond acceptors (Lipinski definition) is 7. The molecule has 1 fully saturated rings. The molecule has 0 aliphatic carbocycles. The number of para-hydroxylation sites is 1. The number of likely N-dealkylation sites (tertiary alicyclic amines) is 1. The van der Waals surface area contributed by atoms with Gasteiger partial charge in [-0.05, 0) is 60.3 Å². The summed E-state index contributed by atoms with van der Waals surface area (Å²) in [6, 6.07) is 12.3. The fourth-order valence-electron chi connectivity index (χ4n) is 3.99. The third-order valence-electron chi connectivity index (χ3n) is 5.63. The summed E-state index contributed by atoms with van der Waals surface area (Å²) in [5.41, 5.74) is 8.10. The van der Waals surface area contributed by atoms with Gasteiger partial charge in [0.15, 0.2) is 0 Å². The van der Waals surface area contributed by atoms with Crippen LogP contribution < -0.4 is 15.8 Å². The quantitative estimate of drug-likeness (QED) is 0.492. The van der Waals surface area contributed by atoms with Gasteiger partial charge in [-0.25, -0.2) is 4.79 Å². The number of nitrogens with zero attached hydrogens (tertiary/aromatic N) is 3. The number of hydrogen-bond donors (Lipinski definition) is 3. The van der Waals surface area contributed by atoms with Crippen LogP contribution in [-0.4, -0.2) is 40.5 Å². The zero-order chi connectivity index (χ0) is 23.4. The number of nitriles is 1. The lowest BCUT2D eigenvalue weighted by Crippen LogP contribution is -2.46. The minimum absolute atomic E-state index is 0.0908. The van der Waals surface area contributed by atoms with Crippen LogP contribution in [0.15, 0.2) is 53.8 Å². The van der Waals surface area contributed by atoms with Crippen molar-refractivity contribution in [1.82, 2.24) is 9.88 Å². The number of H-pyrrole nitrogens is 1. The zero-order valence-electron chi connectivity index (χ0n) is 17.7. The second-order valence-corrected chi connectivity index (χ2v) is 7.77. The van der Waals surface area contributed by atoms with Crippen LogP contribution in [0.1, 0.15) is 18.4 Å². The minimum atomic E-state index is -0.793. The monoisotopic (exact) mass is 446 g/mol. The van der Waals surface area contributed by atoms with Crippen molar-refractivity contribution in [2.24, 2.45) is 10.9 Å². The van der Waals surface area contributed by atoms with E-state index >= 15 is 0 Å². The van der Waals surface area contributed by atoms with Gasteiger partial charge in [-0.15, -0.1) is 4.91 Å². The van der Waals surface area contributed by atoms with E-state index in [0.29, 0.717) is 13.0 Å². The Morgan fingerprint density at radius 1 is 1.33 bits per heavy atom. The predicted molar refractivity (Wildman–Crippen MR) is 122 cm³/mol. The summed E-state index contributed by atoms with van der Waals surface area (Å²) in [7, 11) is 0. The summed E-state index contributed by atoms with van der Waals surface area (Å²) < 4.78 is 5.36. The van der Waals surface area contributed by atoms with E-state index in [1.807, 2.05) is 0 Å². The van der Waals surface area contributed by atoms with E-state index < -0.39 is 18.2 Å². The number of nitroso groups, excluding NO2 is 1. The fourth-order valence-corrected chi connectivity index (χ4v) is 3.99. The number of nitrogens with one attached hydrogen (secondary N) is 2. The normalized spacial score (nSPS) is 16.2. The molecule has 2 atom stereocenters. The maximum atomic E-state index is 12.7. The molecule has 0 bridgehead atoms. The molecular formula is C23H22N6O4. The van der Waals surface area contributed by atoms with Crippen LogP contribution in [0.5, 0.6) is 5.75 Å². The number of rotatable bonds is 6. The standard InChI is InChI=1S/C23H22N6O4/c24-12-15-4-3-9-29(15)22(30)18(25)10-14-13-26-19-8-7-16(11-17(14)19)33-23(31)27-20-5-1-2-6-21(20)28-32/h1-2,5-8,11,13,15,18,26H,3-4,9-10,25H2,(H,27,31)/t15-,18-/m0/s1. The maximum absolute atomic E-state index is 12.7. The average molecular weight is 446 g/mol. The molecule has 0 radical (unpaired) electrons. The average Bonchev–Trinajstić information content (AvgIpc) is 3.46. The smallest absolute Gasteiger partial charge is 0.410 e. The molecule has 168 valence electrons. The highest BCUT2D eigenvalue weighted by molar-refractivity contribution is 5.91. The van der Waals surface area contributed by atoms with Gasteiger partial charge >= 0.3 is 6.09 Å². The van der Waals surface area contributed by atoms with Crippen molar-refractivity contribution in [3.63, 3.8) is 0 Å². The Morgan fingerprint density at radius 3 is 2.94 bits per heavy atom. The number of benzene rings is 2. The lowest BCUT2D eigenvalue weighted by molar-refractivity contribution is -0.132. The number of fused-ring (bicyclic) bond motifs is 1. The number of carbonyl (C=O) groups is 2. The number of carbonyl (C=O) groups excluding carboxylic acids is 2. The van der Waals surface area contributed by atoms with Gasteiger partial charge in [-0.3, -0.25) is 10.1 Å². The van der Waals surface area contributed by atoms with Gasteiger partial charge in [0.25, 0.3) is 0 Å². The lowest BCUT2D eigenvalue weighted by Gasteiger charge is -2.23. The summed E-state index contributed by atoms with van der Waals surface area (Å²) in [4.78, 5) is 40.6. The number of anilines is 1. The minimum Gasteiger partial charge on any atom is -0.410 e. The SMILES string of the molecule is N#C[C@@H]1CCCN1C(=O)[C@@H](N)Cc1c[nH]c2ccc(OC(=O)Nc3ccccc3N=O)cc12. The molecule has 2 heterocycles. The molecule has 10 heteroatoms. The Hall–Kier alpha value is -4.23. The molecule has 1 aromatic heterocycles.